The maximum Gasteiger partial charge on any atom is 0.254 e. The number of amides is 3. The highest BCUT2D eigenvalue weighted by Crippen LogP contribution is 2.20. The predicted molar refractivity (Wildman–Crippen MR) is 108 cm³/mol. The van der Waals surface area contributed by atoms with Gasteiger partial charge in [-0.15, -0.1) is 11.3 Å². The molecule has 1 aromatic carbocycles. The minimum Gasteiger partial charge on any atom is -0.353 e. The largest absolute Gasteiger partial charge is 0.353 e. The molecule has 1 heterocycles. The minimum atomic E-state index is -0.318. The van der Waals surface area contributed by atoms with E-state index in [-0.39, 0.29) is 36.7 Å². The normalized spacial score (nSPS) is 13.2. The molecule has 2 aromatic rings. The second kappa shape index (κ2) is 8.97. The molecule has 28 heavy (non-hydrogen) atoms. The van der Waals surface area contributed by atoms with Crippen LogP contribution in [0.4, 0.5) is 5.13 Å². The van der Waals surface area contributed by atoms with Crippen molar-refractivity contribution >= 4 is 34.2 Å². The molecule has 2 N–H and O–H groups in total. The van der Waals surface area contributed by atoms with Crippen LogP contribution in [0, 0.1) is 0 Å². The smallest absolute Gasteiger partial charge is 0.254 e. The van der Waals surface area contributed by atoms with Crippen LogP contribution in [0.25, 0.3) is 0 Å². The molecule has 0 bridgehead atoms. The Bertz CT molecular complexity index is 846. The summed E-state index contributed by atoms with van der Waals surface area (Å²) in [6.45, 7) is 3.67. The third-order valence-electron chi connectivity index (χ3n) is 4.30. The molecule has 3 amide bonds. The summed E-state index contributed by atoms with van der Waals surface area (Å²) in [4.78, 5) is 42.8. The molecule has 0 unspecified atom stereocenters. The van der Waals surface area contributed by atoms with E-state index in [1.165, 1.54) is 16.2 Å². The number of hydrogen-bond acceptors (Lipinski definition) is 5. The predicted octanol–water partition coefficient (Wildman–Crippen LogP) is 2.45. The maximum absolute atomic E-state index is 12.7. The number of nitrogens with zero attached hydrogens (tertiary/aromatic N) is 2. The van der Waals surface area contributed by atoms with Crippen LogP contribution in [-0.4, -0.2) is 46.2 Å². The summed E-state index contributed by atoms with van der Waals surface area (Å²) in [5.74, 6) is -0.561. The second-order valence-corrected chi connectivity index (χ2v) is 7.96. The summed E-state index contributed by atoms with van der Waals surface area (Å²) >= 11 is 1.27. The number of hydrogen-bond donors (Lipinski definition) is 2. The molecule has 8 heteroatoms. The molecule has 7 nitrogen and oxygen atoms in total. The van der Waals surface area contributed by atoms with Crippen LogP contribution < -0.4 is 10.6 Å². The fourth-order valence-electron chi connectivity index (χ4n) is 2.67. The van der Waals surface area contributed by atoms with E-state index in [0.29, 0.717) is 22.4 Å². The quantitative estimate of drug-likeness (QED) is 0.712. The van der Waals surface area contributed by atoms with Crippen LogP contribution in [0.1, 0.15) is 42.7 Å². The topological polar surface area (TPSA) is 91.4 Å². The van der Waals surface area contributed by atoms with E-state index in [2.05, 4.69) is 15.6 Å². The van der Waals surface area contributed by atoms with Gasteiger partial charge in [0.2, 0.25) is 11.8 Å². The Morgan fingerprint density at radius 2 is 1.89 bits per heavy atom. The molecule has 0 saturated heterocycles. The molecule has 148 valence electrons. The van der Waals surface area contributed by atoms with Crippen molar-refractivity contribution in [2.24, 2.45) is 0 Å². The molecule has 1 aromatic heterocycles. The monoisotopic (exact) mass is 400 g/mol. The fourth-order valence-corrected chi connectivity index (χ4v) is 3.39. The van der Waals surface area contributed by atoms with Crippen LogP contribution >= 0.6 is 11.3 Å². The third kappa shape index (κ3) is 5.63. The average molecular weight is 401 g/mol. The van der Waals surface area contributed by atoms with E-state index < -0.39 is 0 Å². The molecular formula is C20H24N4O3S. The summed E-state index contributed by atoms with van der Waals surface area (Å²) in [5, 5.41) is 7.82. The van der Waals surface area contributed by atoms with Crippen LogP contribution in [0.3, 0.4) is 0 Å². The van der Waals surface area contributed by atoms with Crippen LogP contribution in [0.2, 0.25) is 0 Å². The Kier molecular flexibility index (Phi) is 6.41. The summed E-state index contributed by atoms with van der Waals surface area (Å²) < 4.78 is 0. The number of thiazole rings is 1. The fraction of sp³-hybridized carbons (Fsp3) is 0.400. The van der Waals surface area contributed by atoms with Crippen LogP contribution in [0.5, 0.6) is 0 Å². The zero-order valence-electron chi connectivity index (χ0n) is 16.0. The highest BCUT2D eigenvalue weighted by Gasteiger charge is 2.24. The van der Waals surface area contributed by atoms with Crippen molar-refractivity contribution < 1.29 is 14.4 Å². The highest BCUT2D eigenvalue weighted by molar-refractivity contribution is 7.13. The molecule has 0 aliphatic heterocycles. The molecule has 3 rings (SSSR count). The summed E-state index contributed by atoms with van der Waals surface area (Å²) in [7, 11) is 0. The first-order chi connectivity index (χ1) is 13.4. The van der Waals surface area contributed by atoms with Gasteiger partial charge in [-0.3, -0.25) is 14.4 Å². The van der Waals surface area contributed by atoms with Gasteiger partial charge in [0.25, 0.3) is 5.91 Å². The summed E-state index contributed by atoms with van der Waals surface area (Å²) in [6.07, 6.45) is 2.28. The lowest BCUT2D eigenvalue weighted by molar-refractivity contribution is -0.120. The highest BCUT2D eigenvalue weighted by atomic mass is 32.1. The van der Waals surface area contributed by atoms with Crippen LogP contribution in [-0.2, 0) is 16.0 Å². The number of benzene rings is 1. The van der Waals surface area contributed by atoms with Crippen molar-refractivity contribution in [3.8, 4) is 0 Å². The number of aromatic nitrogens is 1. The van der Waals surface area contributed by atoms with Gasteiger partial charge in [0.05, 0.1) is 12.1 Å². The second-order valence-electron chi connectivity index (χ2n) is 7.10. The van der Waals surface area contributed by atoms with Gasteiger partial charge >= 0.3 is 0 Å². The Morgan fingerprint density at radius 1 is 1.18 bits per heavy atom. The van der Waals surface area contributed by atoms with E-state index in [1.807, 2.05) is 19.9 Å². The van der Waals surface area contributed by atoms with Gasteiger partial charge < -0.3 is 15.5 Å². The zero-order chi connectivity index (χ0) is 20.1. The summed E-state index contributed by atoms with van der Waals surface area (Å²) in [6, 6.07) is 9.08. The van der Waals surface area contributed by atoms with Gasteiger partial charge in [-0.25, -0.2) is 4.98 Å². The van der Waals surface area contributed by atoms with Crippen molar-refractivity contribution in [1.29, 1.82) is 0 Å². The molecule has 1 aliphatic rings. The van der Waals surface area contributed by atoms with E-state index in [4.69, 9.17) is 0 Å². The lowest BCUT2D eigenvalue weighted by Crippen LogP contribution is -2.42. The standard InChI is InChI=1S/C20H24N4O3S/c1-13(2)24(19(27)14-6-4-3-5-7-14)11-18(26)23-20-22-16(12-28-20)10-17(25)21-15-8-9-15/h3-7,12-13,15H,8-11H2,1-2H3,(H,21,25)(H,22,23,26). The van der Waals surface area contributed by atoms with E-state index in [0.717, 1.165) is 12.8 Å². The van der Waals surface area contributed by atoms with Gasteiger partial charge in [0.1, 0.15) is 6.54 Å². The lowest BCUT2D eigenvalue weighted by Gasteiger charge is -2.26. The average Bonchev–Trinajstić information content (AvgIpc) is 3.37. The number of carbonyl (C=O) groups excluding carboxylic acids is 3. The molecule has 0 radical (unpaired) electrons. The minimum absolute atomic E-state index is 0.0508. The van der Waals surface area contributed by atoms with Gasteiger partial charge in [0, 0.05) is 23.0 Å². The number of carbonyl (C=O) groups is 3. The van der Waals surface area contributed by atoms with E-state index in [9.17, 15) is 14.4 Å². The zero-order valence-corrected chi connectivity index (χ0v) is 16.8. The van der Waals surface area contributed by atoms with Gasteiger partial charge in [-0.1, -0.05) is 18.2 Å². The summed E-state index contributed by atoms with van der Waals surface area (Å²) in [5.41, 5.74) is 1.17. The first-order valence-corrected chi connectivity index (χ1v) is 10.2. The Balaban J connectivity index is 1.56. The number of anilines is 1. The molecular weight excluding hydrogens is 376 g/mol. The molecule has 1 fully saturated rings. The van der Waals surface area contributed by atoms with Gasteiger partial charge in [0.15, 0.2) is 5.13 Å². The maximum atomic E-state index is 12.7. The number of nitrogens with one attached hydrogen (secondary N) is 2. The molecule has 0 atom stereocenters. The lowest BCUT2D eigenvalue weighted by atomic mass is 10.1. The molecule has 1 saturated carbocycles. The van der Waals surface area contributed by atoms with Gasteiger partial charge in [-0.2, -0.15) is 0 Å². The van der Waals surface area contributed by atoms with E-state index in [1.54, 1.807) is 29.6 Å². The van der Waals surface area contributed by atoms with Crippen LogP contribution in [0.15, 0.2) is 35.7 Å². The Morgan fingerprint density at radius 3 is 2.54 bits per heavy atom. The first kappa shape index (κ1) is 20.0. The van der Waals surface area contributed by atoms with Crippen molar-refractivity contribution in [1.82, 2.24) is 15.2 Å². The van der Waals surface area contributed by atoms with E-state index >= 15 is 0 Å². The SMILES string of the molecule is CC(C)N(CC(=O)Nc1nc(CC(=O)NC2CC2)cs1)C(=O)c1ccccc1. The van der Waals surface area contributed by atoms with Crippen molar-refractivity contribution in [3.63, 3.8) is 0 Å². The Hall–Kier alpha value is -2.74. The first-order valence-electron chi connectivity index (χ1n) is 9.32. The molecule has 0 spiro atoms. The Labute approximate surface area is 168 Å². The number of rotatable bonds is 8. The molecule has 1 aliphatic carbocycles. The van der Waals surface area contributed by atoms with Crippen molar-refractivity contribution in [3.05, 3.63) is 47.0 Å². The van der Waals surface area contributed by atoms with Gasteiger partial charge in [-0.05, 0) is 38.8 Å². The van der Waals surface area contributed by atoms with Crippen molar-refractivity contribution in [2.75, 3.05) is 11.9 Å². The van der Waals surface area contributed by atoms with Crippen molar-refractivity contribution in [2.45, 2.75) is 45.2 Å². The third-order valence-corrected chi connectivity index (χ3v) is 5.11.